The van der Waals surface area contributed by atoms with Crippen LogP contribution in [0.4, 0.5) is 11.8 Å². The van der Waals surface area contributed by atoms with Gasteiger partial charge in [-0.3, -0.25) is 0 Å². The first-order valence-electron chi connectivity index (χ1n) is 5.69. The molecule has 0 amide bonds. The SMILES string of the molecule is CC.CN(C)c1nc(N(C)C)c2sccc2n1. The summed E-state index contributed by atoms with van der Waals surface area (Å²) in [6.07, 6.45) is 0. The van der Waals surface area contributed by atoms with Crippen molar-refractivity contribution in [1.82, 2.24) is 9.97 Å². The zero-order chi connectivity index (χ0) is 13.0. The lowest BCUT2D eigenvalue weighted by Gasteiger charge is -2.16. The van der Waals surface area contributed by atoms with Gasteiger partial charge in [0.2, 0.25) is 5.95 Å². The summed E-state index contributed by atoms with van der Waals surface area (Å²) in [5.74, 6) is 1.74. The van der Waals surface area contributed by atoms with E-state index in [0.29, 0.717) is 0 Å². The molecule has 0 aliphatic rings. The molecule has 0 aromatic carbocycles. The number of hydrogen-bond acceptors (Lipinski definition) is 5. The van der Waals surface area contributed by atoms with Crippen molar-refractivity contribution in [2.24, 2.45) is 0 Å². The zero-order valence-electron chi connectivity index (χ0n) is 11.4. The van der Waals surface area contributed by atoms with Gasteiger partial charge >= 0.3 is 0 Å². The van der Waals surface area contributed by atoms with Crippen LogP contribution in [0.1, 0.15) is 13.8 Å². The number of rotatable bonds is 2. The van der Waals surface area contributed by atoms with Crippen LogP contribution >= 0.6 is 11.3 Å². The molecule has 0 fully saturated rings. The molecule has 0 bridgehead atoms. The highest BCUT2D eigenvalue weighted by Crippen LogP contribution is 2.29. The maximum absolute atomic E-state index is 4.52. The third-order valence-electron chi connectivity index (χ3n) is 2.10. The van der Waals surface area contributed by atoms with Crippen molar-refractivity contribution < 1.29 is 0 Å². The van der Waals surface area contributed by atoms with Crippen molar-refractivity contribution >= 4 is 33.3 Å². The number of thiophene rings is 1. The molecule has 4 nitrogen and oxygen atoms in total. The van der Waals surface area contributed by atoms with Crippen molar-refractivity contribution in [3.8, 4) is 0 Å². The van der Waals surface area contributed by atoms with Crippen LogP contribution in [-0.2, 0) is 0 Å². The highest BCUT2D eigenvalue weighted by atomic mass is 32.1. The van der Waals surface area contributed by atoms with E-state index in [1.54, 1.807) is 11.3 Å². The average Bonchev–Trinajstić information content (AvgIpc) is 2.77. The first-order valence-corrected chi connectivity index (χ1v) is 6.57. The van der Waals surface area contributed by atoms with Crippen LogP contribution in [0, 0.1) is 0 Å². The summed E-state index contributed by atoms with van der Waals surface area (Å²) in [4.78, 5) is 12.9. The number of anilines is 2. The summed E-state index contributed by atoms with van der Waals surface area (Å²) in [7, 11) is 7.90. The molecule has 0 N–H and O–H groups in total. The summed E-state index contributed by atoms with van der Waals surface area (Å²) in [6.45, 7) is 4.00. The maximum Gasteiger partial charge on any atom is 0.227 e. The Labute approximate surface area is 107 Å². The summed E-state index contributed by atoms with van der Waals surface area (Å²) < 4.78 is 1.14. The lowest BCUT2D eigenvalue weighted by molar-refractivity contribution is 0.990. The molecule has 0 aliphatic heterocycles. The maximum atomic E-state index is 4.52. The standard InChI is InChI=1S/C10H14N4S.C2H6/c1-13(2)9-8-7(5-6-15-8)11-10(12-9)14(3)4;1-2/h5-6H,1-4H3;1-2H3. The minimum atomic E-state index is 0.754. The van der Waals surface area contributed by atoms with E-state index in [2.05, 4.69) is 9.97 Å². The fourth-order valence-electron chi connectivity index (χ4n) is 1.34. The Balaban J connectivity index is 0.000000686. The molecule has 94 valence electrons. The van der Waals surface area contributed by atoms with Gasteiger partial charge in [-0.25, -0.2) is 4.98 Å². The van der Waals surface area contributed by atoms with Crippen LogP contribution in [0.3, 0.4) is 0 Å². The van der Waals surface area contributed by atoms with Gasteiger partial charge in [0.05, 0.1) is 10.2 Å². The quantitative estimate of drug-likeness (QED) is 0.822. The fraction of sp³-hybridized carbons (Fsp3) is 0.500. The smallest absolute Gasteiger partial charge is 0.227 e. The normalized spacial score (nSPS) is 9.76. The molecule has 0 aliphatic carbocycles. The van der Waals surface area contributed by atoms with Crippen molar-refractivity contribution in [3.05, 3.63) is 11.4 Å². The summed E-state index contributed by atoms with van der Waals surface area (Å²) >= 11 is 1.68. The van der Waals surface area contributed by atoms with Crippen LogP contribution in [0.5, 0.6) is 0 Å². The molecular formula is C12H20N4S. The number of aromatic nitrogens is 2. The van der Waals surface area contributed by atoms with Gasteiger partial charge < -0.3 is 9.80 Å². The highest BCUT2D eigenvalue weighted by Gasteiger charge is 2.11. The Morgan fingerprint density at radius 1 is 1.00 bits per heavy atom. The van der Waals surface area contributed by atoms with E-state index in [-0.39, 0.29) is 0 Å². The predicted octanol–water partition coefficient (Wildman–Crippen LogP) is 2.85. The molecular weight excluding hydrogens is 232 g/mol. The largest absolute Gasteiger partial charge is 0.361 e. The first-order chi connectivity index (χ1) is 8.09. The molecule has 2 aromatic heterocycles. The molecule has 17 heavy (non-hydrogen) atoms. The second kappa shape index (κ2) is 5.82. The van der Waals surface area contributed by atoms with Gasteiger partial charge in [-0.1, -0.05) is 13.8 Å². The van der Waals surface area contributed by atoms with E-state index in [1.165, 1.54) is 0 Å². The Hall–Kier alpha value is -1.36. The van der Waals surface area contributed by atoms with Crippen molar-refractivity contribution in [2.75, 3.05) is 38.0 Å². The predicted molar refractivity (Wildman–Crippen MR) is 77.4 cm³/mol. The lowest BCUT2D eigenvalue weighted by atomic mass is 10.4. The highest BCUT2D eigenvalue weighted by molar-refractivity contribution is 7.17. The molecule has 0 saturated carbocycles. The zero-order valence-corrected chi connectivity index (χ0v) is 12.2. The van der Waals surface area contributed by atoms with Crippen molar-refractivity contribution in [1.29, 1.82) is 0 Å². The summed E-state index contributed by atoms with van der Waals surface area (Å²) in [5.41, 5.74) is 1.02. The van der Waals surface area contributed by atoms with Crippen LogP contribution in [0.15, 0.2) is 11.4 Å². The van der Waals surface area contributed by atoms with Crippen LogP contribution in [0.2, 0.25) is 0 Å². The Morgan fingerprint density at radius 3 is 2.18 bits per heavy atom. The van der Waals surface area contributed by atoms with E-state index >= 15 is 0 Å². The minimum absolute atomic E-state index is 0.754. The van der Waals surface area contributed by atoms with E-state index in [9.17, 15) is 0 Å². The average molecular weight is 252 g/mol. The molecule has 5 heteroatoms. The van der Waals surface area contributed by atoms with Gasteiger partial charge in [-0.05, 0) is 11.4 Å². The first kappa shape index (κ1) is 13.7. The van der Waals surface area contributed by atoms with E-state index in [4.69, 9.17) is 0 Å². The second-order valence-corrected chi connectivity index (χ2v) is 4.69. The van der Waals surface area contributed by atoms with Gasteiger partial charge in [0.25, 0.3) is 0 Å². The van der Waals surface area contributed by atoms with Crippen molar-refractivity contribution in [3.63, 3.8) is 0 Å². The van der Waals surface area contributed by atoms with Crippen LogP contribution in [0.25, 0.3) is 10.2 Å². The molecule has 0 saturated heterocycles. The van der Waals surface area contributed by atoms with Crippen LogP contribution < -0.4 is 9.80 Å². The summed E-state index contributed by atoms with van der Waals surface area (Å²) in [6, 6.07) is 2.03. The van der Waals surface area contributed by atoms with E-state index in [1.807, 2.05) is 63.3 Å². The van der Waals surface area contributed by atoms with Gasteiger partial charge in [-0.15, -0.1) is 11.3 Å². The van der Waals surface area contributed by atoms with E-state index < -0.39 is 0 Å². The molecule has 2 aromatic rings. The number of nitrogens with zero attached hydrogens (tertiary/aromatic N) is 4. The molecule has 0 radical (unpaired) electrons. The summed E-state index contributed by atoms with van der Waals surface area (Å²) in [5, 5.41) is 2.05. The fourth-order valence-corrected chi connectivity index (χ4v) is 2.24. The molecule has 2 heterocycles. The monoisotopic (exact) mass is 252 g/mol. The van der Waals surface area contributed by atoms with Gasteiger partial charge in [0, 0.05) is 28.2 Å². The van der Waals surface area contributed by atoms with Crippen molar-refractivity contribution in [2.45, 2.75) is 13.8 Å². The van der Waals surface area contributed by atoms with E-state index in [0.717, 1.165) is 22.0 Å². The number of fused-ring (bicyclic) bond motifs is 1. The Bertz CT molecular complexity index is 476. The van der Waals surface area contributed by atoms with Gasteiger partial charge in [-0.2, -0.15) is 4.98 Å². The van der Waals surface area contributed by atoms with Gasteiger partial charge in [0.1, 0.15) is 0 Å². The number of hydrogen-bond donors (Lipinski definition) is 0. The lowest BCUT2D eigenvalue weighted by Crippen LogP contribution is -2.16. The second-order valence-electron chi connectivity index (χ2n) is 3.77. The van der Waals surface area contributed by atoms with Gasteiger partial charge in [0.15, 0.2) is 5.82 Å². The topological polar surface area (TPSA) is 32.3 Å². The minimum Gasteiger partial charge on any atom is -0.361 e. The van der Waals surface area contributed by atoms with Crippen LogP contribution in [-0.4, -0.2) is 38.2 Å². The Kier molecular flexibility index (Phi) is 4.69. The Morgan fingerprint density at radius 2 is 1.65 bits per heavy atom. The molecule has 0 spiro atoms. The third kappa shape index (κ3) is 2.85. The molecule has 0 unspecified atom stereocenters. The third-order valence-corrected chi connectivity index (χ3v) is 3.00. The molecule has 0 atom stereocenters. The molecule has 2 rings (SSSR count).